The molecule has 0 atom stereocenters. The molecule has 0 bridgehead atoms. The second-order valence-electron chi connectivity index (χ2n) is 8.63. The summed E-state index contributed by atoms with van der Waals surface area (Å²) in [5.74, 6) is 0.0805. The zero-order valence-electron chi connectivity index (χ0n) is 18.1. The van der Waals surface area contributed by atoms with Gasteiger partial charge in [-0.05, 0) is 122 Å². The second-order valence-corrected chi connectivity index (χ2v) is 8.63. The van der Waals surface area contributed by atoms with Gasteiger partial charge in [-0.25, -0.2) is 9.59 Å². The maximum absolute atomic E-state index is 12.6. The zero-order valence-corrected chi connectivity index (χ0v) is 18.1. The van der Waals surface area contributed by atoms with Gasteiger partial charge in [-0.15, -0.1) is 0 Å². The summed E-state index contributed by atoms with van der Waals surface area (Å²) in [6, 6.07) is 18.2. The van der Waals surface area contributed by atoms with E-state index < -0.39 is 0 Å². The summed E-state index contributed by atoms with van der Waals surface area (Å²) >= 11 is 0. The predicted octanol–water partition coefficient (Wildman–Crippen LogP) is 5.88. The summed E-state index contributed by atoms with van der Waals surface area (Å²) in [5.41, 5.74) is 6.28. The fourth-order valence-electron chi connectivity index (χ4n) is 4.63. The molecule has 5 rings (SSSR count). The molecule has 2 aliphatic rings. The van der Waals surface area contributed by atoms with E-state index >= 15 is 0 Å². The van der Waals surface area contributed by atoms with E-state index in [1.54, 1.807) is 24.3 Å². The molecule has 0 unspecified atom stereocenters. The standard InChI is InChI=1S/C28H26O4/c29-27(23-11-9-19-5-1-3-7-21(19)17-23)31-25-13-15-26(16-14-25)32-28(30)24-12-10-20-6-2-4-8-22(20)18-24/h9-18H,1-8H2. The molecule has 4 heteroatoms. The van der Waals surface area contributed by atoms with Gasteiger partial charge in [-0.2, -0.15) is 0 Å². The van der Waals surface area contributed by atoms with Crippen LogP contribution in [0.25, 0.3) is 0 Å². The third-order valence-corrected chi connectivity index (χ3v) is 6.41. The van der Waals surface area contributed by atoms with Crippen LogP contribution in [0.1, 0.15) is 68.7 Å². The smallest absolute Gasteiger partial charge is 0.343 e. The Bertz CT molecular complexity index is 1070. The fraction of sp³-hybridized carbons (Fsp3) is 0.286. The Morgan fingerprint density at radius 3 is 1.28 bits per heavy atom. The molecule has 162 valence electrons. The van der Waals surface area contributed by atoms with Crippen LogP contribution in [-0.2, 0) is 25.7 Å². The van der Waals surface area contributed by atoms with E-state index in [1.165, 1.54) is 35.1 Å². The van der Waals surface area contributed by atoms with Gasteiger partial charge < -0.3 is 9.47 Å². The van der Waals surface area contributed by atoms with E-state index in [2.05, 4.69) is 0 Å². The molecule has 0 saturated heterocycles. The van der Waals surface area contributed by atoms with E-state index in [4.69, 9.17) is 9.47 Å². The van der Waals surface area contributed by atoms with Crippen molar-refractivity contribution in [2.24, 2.45) is 0 Å². The Labute approximate surface area is 188 Å². The summed E-state index contributed by atoms with van der Waals surface area (Å²) in [6.45, 7) is 0. The number of esters is 2. The van der Waals surface area contributed by atoms with E-state index in [9.17, 15) is 9.59 Å². The lowest BCUT2D eigenvalue weighted by Crippen LogP contribution is -2.12. The molecule has 32 heavy (non-hydrogen) atoms. The van der Waals surface area contributed by atoms with Gasteiger partial charge in [0.05, 0.1) is 11.1 Å². The summed E-state index contributed by atoms with van der Waals surface area (Å²) in [6.07, 6.45) is 8.93. The number of rotatable bonds is 4. The van der Waals surface area contributed by atoms with Crippen LogP contribution < -0.4 is 9.47 Å². The van der Waals surface area contributed by atoms with Crippen LogP contribution >= 0.6 is 0 Å². The average Bonchev–Trinajstić information content (AvgIpc) is 2.84. The van der Waals surface area contributed by atoms with Crippen molar-refractivity contribution in [2.45, 2.75) is 51.4 Å². The Morgan fingerprint density at radius 1 is 0.500 bits per heavy atom. The number of benzene rings is 3. The van der Waals surface area contributed by atoms with Crippen molar-refractivity contribution in [1.29, 1.82) is 0 Å². The minimum absolute atomic E-state index is 0.378. The first-order valence-electron chi connectivity index (χ1n) is 11.4. The van der Waals surface area contributed by atoms with Crippen LogP contribution in [0.3, 0.4) is 0 Å². The first kappa shape index (κ1) is 20.5. The number of fused-ring (bicyclic) bond motifs is 2. The largest absolute Gasteiger partial charge is 0.423 e. The molecule has 0 heterocycles. The number of hydrogen-bond acceptors (Lipinski definition) is 4. The van der Waals surface area contributed by atoms with Gasteiger partial charge >= 0.3 is 11.9 Å². The quantitative estimate of drug-likeness (QED) is 0.386. The van der Waals surface area contributed by atoms with Crippen molar-refractivity contribution in [3.8, 4) is 11.5 Å². The van der Waals surface area contributed by atoms with E-state index in [-0.39, 0.29) is 11.9 Å². The molecule has 3 aromatic rings. The summed E-state index contributed by atoms with van der Waals surface area (Å²) in [7, 11) is 0. The molecular formula is C28H26O4. The monoisotopic (exact) mass is 426 g/mol. The summed E-state index contributed by atoms with van der Waals surface area (Å²) in [5, 5.41) is 0. The Morgan fingerprint density at radius 2 is 0.875 bits per heavy atom. The zero-order chi connectivity index (χ0) is 21.9. The van der Waals surface area contributed by atoms with Gasteiger partial charge in [0.1, 0.15) is 11.5 Å². The molecule has 2 aliphatic carbocycles. The van der Waals surface area contributed by atoms with Crippen molar-refractivity contribution >= 4 is 11.9 Å². The normalized spacial score (nSPS) is 14.8. The van der Waals surface area contributed by atoms with Crippen LogP contribution in [0.5, 0.6) is 11.5 Å². The molecule has 0 N–H and O–H groups in total. The summed E-state index contributed by atoms with van der Waals surface area (Å²) in [4.78, 5) is 25.1. The molecule has 0 aromatic heterocycles. The van der Waals surface area contributed by atoms with Crippen molar-refractivity contribution < 1.29 is 19.1 Å². The van der Waals surface area contributed by atoms with Gasteiger partial charge in [0.25, 0.3) is 0 Å². The van der Waals surface area contributed by atoms with Crippen LogP contribution in [0, 0.1) is 0 Å². The maximum Gasteiger partial charge on any atom is 0.343 e. The SMILES string of the molecule is O=C(Oc1ccc(OC(=O)c2ccc3c(c2)CCCC3)cc1)c1ccc2c(c1)CCCC2. The highest BCUT2D eigenvalue weighted by Gasteiger charge is 2.16. The minimum atomic E-state index is -0.378. The highest BCUT2D eigenvalue weighted by molar-refractivity contribution is 5.92. The number of ether oxygens (including phenoxy) is 2. The van der Waals surface area contributed by atoms with Crippen molar-refractivity contribution in [1.82, 2.24) is 0 Å². The molecule has 0 spiro atoms. The van der Waals surface area contributed by atoms with Crippen molar-refractivity contribution in [2.75, 3.05) is 0 Å². The molecular weight excluding hydrogens is 400 g/mol. The van der Waals surface area contributed by atoms with Crippen LogP contribution in [-0.4, -0.2) is 11.9 Å². The topological polar surface area (TPSA) is 52.6 Å². The molecule has 4 nitrogen and oxygen atoms in total. The molecule has 0 fully saturated rings. The van der Waals surface area contributed by atoms with Gasteiger partial charge in [0.2, 0.25) is 0 Å². The highest BCUT2D eigenvalue weighted by Crippen LogP contribution is 2.25. The molecule has 0 aliphatic heterocycles. The van der Waals surface area contributed by atoms with Crippen LogP contribution in [0.15, 0.2) is 60.7 Å². The van der Waals surface area contributed by atoms with E-state index in [1.807, 2.05) is 36.4 Å². The van der Waals surface area contributed by atoms with Crippen molar-refractivity contribution in [3.63, 3.8) is 0 Å². The maximum atomic E-state index is 12.6. The van der Waals surface area contributed by atoms with Crippen LogP contribution in [0.2, 0.25) is 0 Å². The number of carbonyl (C=O) groups is 2. The minimum Gasteiger partial charge on any atom is -0.423 e. The van der Waals surface area contributed by atoms with E-state index in [0.29, 0.717) is 22.6 Å². The predicted molar refractivity (Wildman–Crippen MR) is 123 cm³/mol. The Hall–Kier alpha value is -3.40. The molecule has 3 aromatic carbocycles. The first-order valence-corrected chi connectivity index (χ1v) is 11.4. The molecule has 0 radical (unpaired) electrons. The average molecular weight is 427 g/mol. The summed E-state index contributed by atoms with van der Waals surface area (Å²) < 4.78 is 11.0. The van der Waals surface area contributed by atoms with E-state index in [0.717, 1.165) is 38.5 Å². The third kappa shape index (κ3) is 4.45. The molecule has 0 saturated carbocycles. The lowest BCUT2D eigenvalue weighted by Gasteiger charge is -2.16. The fourth-order valence-corrected chi connectivity index (χ4v) is 4.63. The Balaban J connectivity index is 1.22. The lowest BCUT2D eigenvalue weighted by atomic mass is 9.90. The van der Waals surface area contributed by atoms with Gasteiger partial charge in [-0.1, -0.05) is 12.1 Å². The first-order chi connectivity index (χ1) is 15.7. The third-order valence-electron chi connectivity index (χ3n) is 6.41. The Kier molecular flexibility index (Phi) is 5.76. The second kappa shape index (κ2) is 8.99. The van der Waals surface area contributed by atoms with Gasteiger partial charge in [0.15, 0.2) is 0 Å². The van der Waals surface area contributed by atoms with Crippen molar-refractivity contribution in [3.05, 3.63) is 94.0 Å². The van der Waals surface area contributed by atoms with Crippen LogP contribution in [0.4, 0.5) is 0 Å². The lowest BCUT2D eigenvalue weighted by molar-refractivity contribution is 0.0719. The van der Waals surface area contributed by atoms with Gasteiger partial charge in [-0.3, -0.25) is 0 Å². The number of carbonyl (C=O) groups excluding carboxylic acids is 2. The van der Waals surface area contributed by atoms with Gasteiger partial charge in [0, 0.05) is 0 Å². The number of hydrogen-bond donors (Lipinski definition) is 0. The molecule has 0 amide bonds. The number of aryl methyl sites for hydroxylation is 4. The highest BCUT2D eigenvalue weighted by atomic mass is 16.5.